The molecule has 2 N–H and O–H groups in total. The zero-order valence-electron chi connectivity index (χ0n) is 18.0. The van der Waals surface area contributed by atoms with Gasteiger partial charge in [-0.05, 0) is 86.0 Å². The lowest BCUT2D eigenvalue weighted by Crippen LogP contribution is -2.54. The fraction of sp³-hybridized carbons (Fsp3) is 0.731. The second-order valence-corrected chi connectivity index (χ2v) is 11.4. The number of aliphatic hydroxyl groups excluding tert-OH is 1. The van der Waals surface area contributed by atoms with Gasteiger partial charge in [-0.1, -0.05) is 44.2 Å². The van der Waals surface area contributed by atoms with Gasteiger partial charge >= 0.3 is 0 Å². The lowest BCUT2D eigenvalue weighted by Gasteiger charge is -2.60. The third kappa shape index (κ3) is 2.49. The number of fused-ring (bicyclic) bond motifs is 7. The predicted octanol–water partition coefficient (Wildman–Crippen LogP) is 5.32. The van der Waals surface area contributed by atoms with Crippen molar-refractivity contribution in [3.05, 3.63) is 35.9 Å². The Morgan fingerprint density at radius 2 is 1.79 bits per heavy atom. The lowest BCUT2D eigenvalue weighted by atomic mass is 9.45. The van der Waals surface area contributed by atoms with Gasteiger partial charge in [0.1, 0.15) is 0 Å². The monoisotopic (exact) mass is 392 g/mol. The zero-order chi connectivity index (χ0) is 19.8. The lowest BCUT2D eigenvalue weighted by molar-refractivity contribution is -0.114. The first-order valence-electron chi connectivity index (χ1n) is 12.1. The van der Waals surface area contributed by atoms with Gasteiger partial charge in [0, 0.05) is 17.0 Å². The Hall–Kier alpha value is -1.35. The molecule has 0 saturated heterocycles. The molecule has 0 aromatic heterocycles. The second-order valence-electron chi connectivity index (χ2n) is 11.4. The van der Waals surface area contributed by atoms with E-state index in [2.05, 4.69) is 49.6 Å². The van der Waals surface area contributed by atoms with Gasteiger partial charge in [-0.2, -0.15) is 5.10 Å². The number of hydrazone groups is 1. The topological polar surface area (TPSA) is 44.6 Å². The Balaban J connectivity index is 1.30. The van der Waals surface area contributed by atoms with Crippen molar-refractivity contribution < 1.29 is 5.11 Å². The van der Waals surface area contributed by atoms with Crippen LogP contribution in [-0.4, -0.2) is 16.9 Å². The van der Waals surface area contributed by atoms with Crippen LogP contribution < -0.4 is 5.43 Å². The Bertz CT molecular complexity index is 821. The maximum Gasteiger partial charge on any atom is 0.0770 e. The van der Waals surface area contributed by atoms with Crippen molar-refractivity contribution in [1.82, 2.24) is 5.43 Å². The summed E-state index contributed by atoms with van der Waals surface area (Å²) in [5.41, 5.74) is 7.16. The van der Waals surface area contributed by atoms with Gasteiger partial charge in [0.15, 0.2) is 0 Å². The largest absolute Gasteiger partial charge is 0.393 e. The first-order valence-corrected chi connectivity index (χ1v) is 12.1. The van der Waals surface area contributed by atoms with Crippen LogP contribution in [0.25, 0.3) is 0 Å². The standard InChI is InChI=1S/C26H36N2O/c1-25-12-10-18(29)14-17(25)8-9-19-21(25)11-13-26(2)22(19)15-20-23(27-28-24(20)26)16-6-4-3-5-7-16/h3-7,17-23,27,29H,8-15H2,1-2H3/t17-,18-,19+,20+,21-,22-,23+,25-,26-/m0/s1. The van der Waals surface area contributed by atoms with Gasteiger partial charge in [-0.25, -0.2) is 0 Å². The van der Waals surface area contributed by atoms with Crippen molar-refractivity contribution in [2.45, 2.75) is 77.4 Å². The summed E-state index contributed by atoms with van der Waals surface area (Å²) in [6.45, 7) is 5.13. The maximum atomic E-state index is 10.3. The van der Waals surface area contributed by atoms with E-state index in [-0.39, 0.29) is 6.10 Å². The molecule has 0 spiro atoms. The van der Waals surface area contributed by atoms with Crippen LogP contribution >= 0.6 is 0 Å². The van der Waals surface area contributed by atoms with E-state index < -0.39 is 0 Å². The molecule has 3 heteroatoms. The van der Waals surface area contributed by atoms with Crippen molar-refractivity contribution in [3.63, 3.8) is 0 Å². The van der Waals surface area contributed by atoms with E-state index in [1.54, 1.807) is 0 Å². The summed E-state index contributed by atoms with van der Waals surface area (Å²) >= 11 is 0. The summed E-state index contributed by atoms with van der Waals surface area (Å²) in [6.07, 6.45) is 9.96. The predicted molar refractivity (Wildman–Crippen MR) is 116 cm³/mol. The van der Waals surface area contributed by atoms with Crippen LogP contribution in [0.2, 0.25) is 0 Å². The van der Waals surface area contributed by atoms with E-state index >= 15 is 0 Å². The minimum absolute atomic E-state index is 0.0450. The molecule has 0 unspecified atom stereocenters. The molecule has 3 nitrogen and oxygen atoms in total. The van der Waals surface area contributed by atoms with Crippen molar-refractivity contribution in [1.29, 1.82) is 0 Å². The van der Waals surface area contributed by atoms with Crippen molar-refractivity contribution in [2.75, 3.05) is 0 Å². The molecule has 1 aliphatic heterocycles. The van der Waals surface area contributed by atoms with E-state index in [1.807, 2.05) is 0 Å². The minimum Gasteiger partial charge on any atom is -0.393 e. The van der Waals surface area contributed by atoms with Crippen LogP contribution in [0.4, 0.5) is 0 Å². The molecule has 1 aromatic rings. The molecule has 4 saturated carbocycles. The average molecular weight is 393 g/mol. The zero-order valence-corrected chi connectivity index (χ0v) is 18.0. The number of benzene rings is 1. The third-order valence-corrected chi connectivity index (χ3v) is 10.4. The van der Waals surface area contributed by atoms with Gasteiger partial charge in [0.25, 0.3) is 0 Å². The summed E-state index contributed by atoms with van der Waals surface area (Å²) in [5.74, 6) is 3.82. The van der Waals surface area contributed by atoms with Crippen molar-refractivity contribution in [2.24, 2.45) is 45.5 Å². The third-order valence-electron chi connectivity index (χ3n) is 10.4. The highest BCUT2D eigenvalue weighted by Gasteiger charge is 2.63. The number of hydrogen-bond donors (Lipinski definition) is 2. The molecule has 4 fully saturated rings. The van der Waals surface area contributed by atoms with Gasteiger partial charge in [-0.3, -0.25) is 0 Å². The van der Waals surface area contributed by atoms with Crippen LogP contribution in [0.5, 0.6) is 0 Å². The number of nitrogens with zero attached hydrogens (tertiary/aromatic N) is 1. The SMILES string of the molecule is C[C@]12CC[C@H](O)C[C@@H]1CC[C@@H]1[C@@H]2CC[C@]2(C)C3=NN[C@H](c4ccccc4)[C@H]3C[C@@H]12. The summed E-state index contributed by atoms with van der Waals surface area (Å²) < 4.78 is 0. The Kier molecular flexibility index (Phi) is 4.02. The van der Waals surface area contributed by atoms with Crippen molar-refractivity contribution >= 4 is 5.71 Å². The van der Waals surface area contributed by atoms with Crippen LogP contribution in [0.1, 0.15) is 76.8 Å². The first kappa shape index (κ1) is 18.4. The summed E-state index contributed by atoms with van der Waals surface area (Å²) in [5, 5.41) is 15.3. The fourth-order valence-corrected chi connectivity index (χ4v) is 8.82. The summed E-state index contributed by atoms with van der Waals surface area (Å²) in [4.78, 5) is 0. The molecule has 1 aromatic carbocycles. The minimum atomic E-state index is -0.0450. The van der Waals surface area contributed by atoms with Crippen LogP contribution in [0, 0.1) is 40.4 Å². The Labute approximate surface area is 175 Å². The molecule has 5 aliphatic rings. The van der Waals surface area contributed by atoms with Crippen molar-refractivity contribution in [3.8, 4) is 0 Å². The highest BCUT2D eigenvalue weighted by Crippen LogP contribution is 2.67. The first-order chi connectivity index (χ1) is 14.0. The van der Waals surface area contributed by atoms with E-state index in [1.165, 1.54) is 49.8 Å². The second kappa shape index (κ2) is 6.33. The van der Waals surface area contributed by atoms with Crippen LogP contribution in [0.3, 0.4) is 0 Å². The molecule has 4 aliphatic carbocycles. The highest BCUT2D eigenvalue weighted by molar-refractivity contribution is 5.96. The van der Waals surface area contributed by atoms with Crippen LogP contribution in [-0.2, 0) is 0 Å². The smallest absolute Gasteiger partial charge is 0.0770 e. The molecule has 9 atom stereocenters. The summed E-state index contributed by atoms with van der Waals surface area (Å²) in [6, 6.07) is 11.3. The molecular formula is C26H36N2O. The van der Waals surface area contributed by atoms with Gasteiger partial charge in [0.05, 0.1) is 12.1 Å². The Morgan fingerprint density at radius 3 is 2.62 bits per heavy atom. The quantitative estimate of drug-likeness (QED) is 0.680. The number of rotatable bonds is 1. The molecule has 6 rings (SSSR count). The fourth-order valence-electron chi connectivity index (χ4n) is 8.82. The molecule has 29 heavy (non-hydrogen) atoms. The van der Waals surface area contributed by atoms with E-state index in [0.717, 1.165) is 36.5 Å². The number of nitrogens with one attached hydrogen (secondary N) is 1. The van der Waals surface area contributed by atoms with Crippen LogP contribution in [0.15, 0.2) is 35.4 Å². The molecule has 0 amide bonds. The van der Waals surface area contributed by atoms with Gasteiger partial charge < -0.3 is 10.5 Å². The van der Waals surface area contributed by atoms with Gasteiger partial charge in [-0.15, -0.1) is 0 Å². The summed E-state index contributed by atoms with van der Waals surface area (Å²) in [7, 11) is 0. The van der Waals surface area contributed by atoms with E-state index in [0.29, 0.717) is 22.8 Å². The maximum absolute atomic E-state index is 10.3. The molecule has 1 heterocycles. The molecule has 0 radical (unpaired) electrons. The molecule has 0 bridgehead atoms. The Morgan fingerprint density at radius 1 is 0.966 bits per heavy atom. The number of hydrogen-bond acceptors (Lipinski definition) is 3. The molecular weight excluding hydrogens is 356 g/mol. The highest BCUT2D eigenvalue weighted by atomic mass is 16.3. The number of aliphatic hydroxyl groups is 1. The van der Waals surface area contributed by atoms with E-state index in [4.69, 9.17) is 5.10 Å². The van der Waals surface area contributed by atoms with Gasteiger partial charge in [0.2, 0.25) is 0 Å². The average Bonchev–Trinajstić information content (AvgIpc) is 3.27. The van der Waals surface area contributed by atoms with E-state index in [9.17, 15) is 5.11 Å². The molecule has 156 valence electrons. The normalized spacial score (nSPS) is 50.6.